The summed E-state index contributed by atoms with van der Waals surface area (Å²) in [4.78, 5) is 22.9. The minimum atomic E-state index is -2.51. The largest absolute Gasteiger partial charge is 0.478 e. The molecule has 2 N–H and O–H groups in total. The molecule has 4 aromatic rings. The van der Waals surface area contributed by atoms with E-state index in [4.69, 9.17) is 53.9 Å². The quantitative estimate of drug-likeness (QED) is 0.122. The Balaban J connectivity index is 0.000000240. The van der Waals surface area contributed by atoms with Gasteiger partial charge in [0.1, 0.15) is 11.2 Å². The molecule has 10 heteroatoms. The molecule has 4 aromatic carbocycles. The maximum atomic E-state index is 9.55. The highest BCUT2D eigenvalue weighted by atomic mass is 35.5. The molecule has 0 spiro atoms. The first-order chi connectivity index (χ1) is 29.8. The Morgan fingerprint density at radius 2 is 0.964 bits per heavy atom. The molecule has 0 radical (unpaired) electrons. The van der Waals surface area contributed by atoms with Crippen LogP contribution in [0.3, 0.4) is 0 Å². The van der Waals surface area contributed by atoms with Gasteiger partial charge in [-0.3, -0.25) is 0 Å². The fraction of sp³-hybridized carbons (Fsp3) is 0.391. The number of rotatable bonds is 14. The van der Waals surface area contributed by atoms with Gasteiger partial charge >= 0.3 is 11.9 Å². The molecule has 0 aliphatic carbocycles. The van der Waals surface area contributed by atoms with Crippen molar-refractivity contribution in [3.8, 4) is 0 Å². The summed E-state index contributed by atoms with van der Waals surface area (Å²) in [5.74, 6) is -2.51. The van der Waals surface area contributed by atoms with Crippen molar-refractivity contribution in [1.29, 1.82) is 0 Å². The summed E-state index contributed by atoms with van der Waals surface area (Å²) in [6.07, 6.45) is -0.329. The number of hydrogen-bond donors (Lipinski definition) is 2. The van der Waals surface area contributed by atoms with E-state index in [1.54, 1.807) is 62.4 Å². The van der Waals surface area contributed by atoms with E-state index in [-0.39, 0.29) is 0 Å². The Morgan fingerprint density at radius 3 is 1.25 bits per heavy atom. The first-order valence-electron chi connectivity index (χ1n) is 22.4. The van der Waals surface area contributed by atoms with E-state index in [1.807, 2.05) is 84.6 Å². The van der Waals surface area contributed by atoms with E-state index >= 15 is 0 Å². The van der Waals surface area contributed by atoms with Gasteiger partial charge in [0.15, 0.2) is 0 Å². The number of nitrogens with zero attached hydrogens (tertiary/aromatic N) is 2. The van der Waals surface area contributed by atoms with Gasteiger partial charge in [0.2, 0.25) is 0 Å². The Hall–Kier alpha value is -4.02. The lowest BCUT2D eigenvalue weighted by molar-refractivity contribution is -0.134. The van der Waals surface area contributed by atoms with Gasteiger partial charge in [-0.1, -0.05) is 108 Å². The number of carbonyl (C=O) groups is 2. The van der Waals surface area contributed by atoms with Gasteiger partial charge in [0.05, 0.1) is 5.48 Å². The van der Waals surface area contributed by atoms with Crippen LogP contribution in [0.4, 0.5) is 0 Å². The third-order valence-corrected chi connectivity index (χ3v) is 10.3. The zero-order chi connectivity index (χ0) is 47.7. The van der Waals surface area contributed by atoms with Crippen LogP contribution in [0, 0.1) is 0 Å². The fourth-order valence-corrected chi connectivity index (χ4v) is 6.60. The van der Waals surface area contributed by atoms with Crippen molar-refractivity contribution < 1.29 is 40.2 Å². The summed E-state index contributed by atoms with van der Waals surface area (Å²) < 4.78 is 80.9. The molecule has 2 heterocycles. The van der Waals surface area contributed by atoms with E-state index in [0.717, 1.165) is 37.1 Å². The lowest BCUT2D eigenvalue weighted by Crippen LogP contribution is -2.31. The minimum Gasteiger partial charge on any atom is -0.478 e. The number of benzene rings is 4. The normalized spacial score (nSPS) is 22.4. The zero-order valence-corrected chi connectivity index (χ0v) is 33.6. The number of aliphatic carboxylic acids is 2. The van der Waals surface area contributed by atoms with E-state index in [0.29, 0.717) is 46.2 Å². The second-order valence-electron chi connectivity index (χ2n) is 13.8. The first-order valence-corrected chi connectivity index (χ1v) is 19.1. The monoisotopic (exact) mass is 810 g/mol. The number of likely N-dealkylation sites (tertiary alicyclic amines) is 2. The Morgan fingerprint density at radius 1 is 0.643 bits per heavy atom. The second kappa shape index (κ2) is 22.1. The van der Waals surface area contributed by atoms with E-state index < -0.39 is 61.1 Å². The SMILES string of the molecule is O=C(O)/C=C/C(=O)O.[2H]C([2H])(O[C@](C)(c1ccccc1)c1ccc(Cl)cc1)C([2H])([2H])[C@H]1CCCN1C.[2H]C([2H])(O[C@](C)(c1ccccc1)c1ccc(Cl)cc1)C([2H])([2H])[C@H]1CCCN1C. The maximum Gasteiger partial charge on any atom is 0.328 e. The van der Waals surface area contributed by atoms with Gasteiger partial charge in [-0.2, -0.15) is 0 Å². The molecule has 2 aliphatic rings. The van der Waals surface area contributed by atoms with Gasteiger partial charge in [0.25, 0.3) is 0 Å². The van der Waals surface area contributed by atoms with Crippen LogP contribution in [-0.4, -0.2) is 84.3 Å². The third kappa shape index (κ3) is 13.3. The van der Waals surface area contributed by atoms with Gasteiger partial charge in [-0.25, -0.2) is 9.59 Å². The number of halogens is 2. The van der Waals surface area contributed by atoms with Crippen molar-refractivity contribution >= 4 is 35.1 Å². The molecule has 2 aliphatic heterocycles. The van der Waals surface area contributed by atoms with Crippen LogP contribution in [0.5, 0.6) is 0 Å². The molecular weight excluding hydrogens is 747 g/mol. The van der Waals surface area contributed by atoms with Crippen molar-refractivity contribution in [2.45, 2.75) is 75.6 Å². The highest BCUT2D eigenvalue weighted by Gasteiger charge is 2.32. The summed E-state index contributed by atoms with van der Waals surface area (Å²) in [5, 5.41) is 16.8. The predicted molar refractivity (Wildman–Crippen MR) is 226 cm³/mol. The van der Waals surface area contributed by atoms with Crippen molar-refractivity contribution in [2.24, 2.45) is 0 Å². The lowest BCUT2D eigenvalue weighted by atomic mass is 9.88. The Kier molecular flexibility index (Phi) is 13.4. The van der Waals surface area contributed by atoms with Crippen molar-refractivity contribution in [3.63, 3.8) is 0 Å². The van der Waals surface area contributed by atoms with Crippen LogP contribution in [-0.2, 0) is 30.3 Å². The fourth-order valence-electron chi connectivity index (χ4n) is 6.34. The summed E-state index contributed by atoms with van der Waals surface area (Å²) >= 11 is 12.1. The Bertz CT molecular complexity index is 2020. The molecule has 6 rings (SSSR count). The molecule has 300 valence electrons. The molecule has 0 saturated carbocycles. The van der Waals surface area contributed by atoms with Crippen LogP contribution in [0.15, 0.2) is 121 Å². The minimum absolute atomic E-state index is 0.534. The average molecular weight is 812 g/mol. The van der Waals surface area contributed by atoms with Crippen LogP contribution in [0.25, 0.3) is 0 Å². The van der Waals surface area contributed by atoms with Crippen molar-refractivity contribution in [2.75, 3.05) is 40.3 Å². The molecule has 2 fully saturated rings. The molecule has 2 saturated heterocycles. The predicted octanol–water partition coefficient (Wildman–Crippen LogP) is 9.92. The molecule has 0 unspecified atom stereocenters. The van der Waals surface area contributed by atoms with Crippen LogP contribution in [0.1, 0.15) is 85.5 Å². The summed E-state index contributed by atoms with van der Waals surface area (Å²) in [5.41, 5.74) is 0.554. The van der Waals surface area contributed by atoms with E-state index in [9.17, 15) is 9.59 Å². The van der Waals surface area contributed by atoms with Gasteiger partial charge in [-0.05, 0) is 126 Å². The highest BCUT2D eigenvalue weighted by Crippen LogP contribution is 2.36. The number of carboxylic acids is 2. The van der Waals surface area contributed by atoms with E-state index in [2.05, 4.69) is 0 Å². The molecule has 0 bridgehead atoms. The van der Waals surface area contributed by atoms with Crippen LogP contribution in [0.2, 0.25) is 10.0 Å². The number of ether oxygens (including phenoxy) is 2. The molecule has 4 atom stereocenters. The molecular formula is C46H56Cl2N2O6. The number of carboxylic acid groups (broad SMARTS) is 2. The maximum absolute atomic E-state index is 9.55. The van der Waals surface area contributed by atoms with Crippen molar-refractivity contribution in [1.82, 2.24) is 9.80 Å². The summed E-state index contributed by atoms with van der Waals surface area (Å²) in [6.45, 7) is 0.0392. The summed E-state index contributed by atoms with van der Waals surface area (Å²) in [6, 6.07) is 31.7. The average Bonchev–Trinajstić information content (AvgIpc) is 3.89. The third-order valence-electron chi connectivity index (χ3n) is 9.81. The van der Waals surface area contributed by atoms with Crippen LogP contribution >= 0.6 is 23.2 Å². The second-order valence-corrected chi connectivity index (χ2v) is 14.7. The van der Waals surface area contributed by atoms with Gasteiger partial charge in [0, 0.05) is 52.9 Å². The zero-order valence-electron chi connectivity index (χ0n) is 40.1. The highest BCUT2D eigenvalue weighted by molar-refractivity contribution is 6.30. The lowest BCUT2D eigenvalue weighted by Gasteiger charge is -2.32. The van der Waals surface area contributed by atoms with Crippen LogP contribution < -0.4 is 0 Å². The standard InChI is InChI=1S/2C21H26ClNO.C4H4O4/c2*1-21(17-7-4-3-5-8-17,18-10-12-19(22)13-11-18)24-16-14-20-9-6-15-23(20)2;5-3(6)1-2-4(7)8/h2*3-5,7-8,10-13,20H,6,9,14-16H2,1-2H3;1-2H,(H,5,6)(H,7,8)/b;;2-1+/t2*20-,21-;/m11./s1/i2*14D2,16D2;. The first kappa shape index (κ1) is 34.1. The van der Waals surface area contributed by atoms with E-state index in [1.165, 1.54) is 0 Å². The molecule has 0 aromatic heterocycles. The Labute approximate surface area is 353 Å². The molecule has 8 nitrogen and oxygen atoms in total. The molecule has 0 amide bonds. The molecule has 56 heavy (non-hydrogen) atoms. The number of hydrogen-bond acceptors (Lipinski definition) is 6. The van der Waals surface area contributed by atoms with Gasteiger partial charge in [-0.15, -0.1) is 0 Å². The topological polar surface area (TPSA) is 99.5 Å². The smallest absolute Gasteiger partial charge is 0.328 e. The summed E-state index contributed by atoms with van der Waals surface area (Å²) in [7, 11) is 3.67. The van der Waals surface area contributed by atoms with Gasteiger partial charge < -0.3 is 29.5 Å². The van der Waals surface area contributed by atoms with Crippen molar-refractivity contribution in [3.05, 3.63) is 154 Å².